The van der Waals surface area contributed by atoms with Crippen molar-refractivity contribution in [3.8, 4) is 0 Å². The number of ketones is 1. The summed E-state index contributed by atoms with van der Waals surface area (Å²) in [6, 6.07) is -0.835. The first kappa shape index (κ1) is 19.8. The highest BCUT2D eigenvalue weighted by atomic mass is 32.2. The third-order valence-electron chi connectivity index (χ3n) is 3.56. The van der Waals surface area contributed by atoms with Gasteiger partial charge in [0.15, 0.2) is 5.78 Å². The highest BCUT2D eigenvalue weighted by Crippen LogP contribution is 2.29. The van der Waals surface area contributed by atoms with Crippen LogP contribution in [0.3, 0.4) is 0 Å². The third-order valence-corrected chi connectivity index (χ3v) is 4.80. The largest absolute Gasteiger partial charge is 0.394 e. The zero-order chi connectivity index (χ0) is 16.7. The average molecular weight is 339 g/mol. The van der Waals surface area contributed by atoms with Crippen molar-refractivity contribution in [2.24, 2.45) is 5.73 Å². The van der Waals surface area contributed by atoms with Crippen molar-refractivity contribution in [3.05, 3.63) is 0 Å². The van der Waals surface area contributed by atoms with Crippen LogP contribution >= 0.6 is 11.8 Å². The molecule has 1 fully saturated rings. The molecule has 0 aromatic heterocycles. The van der Waals surface area contributed by atoms with Gasteiger partial charge in [-0.05, 0) is 18.6 Å². The van der Waals surface area contributed by atoms with Gasteiger partial charge in [-0.1, -0.05) is 0 Å². The summed E-state index contributed by atoms with van der Waals surface area (Å²) in [5.41, 5.74) is 4.65. The molecule has 6 atom stereocenters. The van der Waals surface area contributed by atoms with Crippen molar-refractivity contribution in [1.82, 2.24) is 0 Å². The van der Waals surface area contributed by atoms with Crippen LogP contribution in [0.1, 0.15) is 19.3 Å². The fourth-order valence-corrected chi connectivity index (χ4v) is 3.28. The first-order chi connectivity index (χ1) is 10.4. The minimum absolute atomic E-state index is 0.194. The van der Waals surface area contributed by atoms with E-state index in [9.17, 15) is 20.1 Å². The quantitative estimate of drug-likeness (QED) is 0.252. The molecule has 9 heteroatoms. The maximum absolute atomic E-state index is 11.4. The molecule has 0 bridgehead atoms. The summed E-state index contributed by atoms with van der Waals surface area (Å²) in [5, 5.41) is 46.9. The molecule has 0 aromatic carbocycles. The zero-order valence-electron chi connectivity index (χ0n) is 12.2. The van der Waals surface area contributed by atoms with Crippen LogP contribution in [0.2, 0.25) is 0 Å². The lowest BCUT2D eigenvalue weighted by atomic mass is 10.0. The molecule has 0 radical (unpaired) electrons. The summed E-state index contributed by atoms with van der Waals surface area (Å²) in [5.74, 6) is 0.380. The molecular formula is C13H25NO7S. The molecule has 1 aliphatic rings. The Bertz CT molecular complexity index is 344. The van der Waals surface area contributed by atoms with Crippen molar-refractivity contribution in [2.75, 3.05) is 19.0 Å². The lowest BCUT2D eigenvalue weighted by Gasteiger charge is -2.39. The van der Waals surface area contributed by atoms with Crippen LogP contribution < -0.4 is 5.73 Å². The molecule has 1 saturated heterocycles. The predicted octanol–water partition coefficient (Wildman–Crippen LogP) is -2.42. The van der Waals surface area contributed by atoms with Crippen LogP contribution in [0.4, 0.5) is 0 Å². The second kappa shape index (κ2) is 9.78. The number of ether oxygens (including phenoxy) is 1. The van der Waals surface area contributed by atoms with Crippen LogP contribution in [0.15, 0.2) is 0 Å². The summed E-state index contributed by atoms with van der Waals surface area (Å²) in [4.78, 5) is 11.4. The van der Waals surface area contributed by atoms with Crippen molar-refractivity contribution in [2.45, 2.75) is 55.2 Å². The predicted molar refractivity (Wildman–Crippen MR) is 80.1 cm³/mol. The standard InChI is InChI=1S/C13H25NO7S/c14-7(5-15)8(17)3-1-2-4-22-13-12(20)11(19)10(18)9(6-16)21-13/h7,9-13,15-16,18-20H,1-6,14H2/t7-,9?,10?,11?,12?,13?/m0/s1. The second-order valence-corrected chi connectivity index (χ2v) is 6.49. The van der Waals surface area contributed by atoms with E-state index in [0.29, 0.717) is 18.6 Å². The van der Waals surface area contributed by atoms with Crippen LogP contribution in [-0.2, 0) is 9.53 Å². The number of carbonyl (C=O) groups excluding carboxylic acids is 1. The Labute approximate surface area is 133 Å². The number of hydrogen-bond acceptors (Lipinski definition) is 9. The Kier molecular flexibility index (Phi) is 8.80. The maximum atomic E-state index is 11.4. The number of Topliss-reactive ketones (excluding diaryl/α,β-unsaturated/α-hetero) is 1. The second-order valence-electron chi connectivity index (χ2n) is 5.28. The fourth-order valence-electron chi connectivity index (χ4n) is 2.09. The summed E-state index contributed by atoms with van der Waals surface area (Å²) in [6.07, 6.45) is -3.33. The Hall–Kier alpha value is -0.260. The molecule has 1 rings (SSSR count). The first-order valence-electron chi connectivity index (χ1n) is 7.23. The molecule has 1 heterocycles. The van der Waals surface area contributed by atoms with E-state index < -0.39 is 42.5 Å². The molecule has 0 aromatic rings. The summed E-state index contributed by atoms with van der Waals surface area (Å²) in [6.45, 7) is -0.811. The van der Waals surface area contributed by atoms with E-state index in [4.69, 9.17) is 20.7 Å². The lowest BCUT2D eigenvalue weighted by molar-refractivity contribution is -0.205. The molecule has 0 spiro atoms. The number of nitrogens with two attached hydrogens (primary N) is 1. The van der Waals surface area contributed by atoms with Crippen molar-refractivity contribution >= 4 is 17.5 Å². The number of hydrogen-bond donors (Lipinski definition) is 6. The molecule has 130 valence electrons. The smallest absolute Gasteiger partial charge is 0.151 e. The van der Waals surface area contributed by atoms with Gasteiger partial charge in [0.1, 0.15) is 29.9 Å². The molecule has 5 unspecified atom stereocenters. The SMILES string of the molecule is N[C@@H](CO)C(=O)CCCCSC1OC(CO)C(O)C(O)C1O. The van der Waals surface area contributed by atoms with Gasteiger partial charge in [-0.25, -0.2) is 0 Å². The van der Waals surface area contributed by atoms with Gasteiger partial charge in [0.25, 0.3) is 0 Å². The van der Waals surface area contributed by atoms with Gasteiger partial charge >= 0.3 is 0 Å². The minimum Gasteiger partial charge on any atom is -0.394 e. The summed E-state index contributed by atoms with van der Waals surface area (Å²) >= 11 is 1.25. The minimum atomic E-state index is -1.37. The molecular weight excluding hydrogens is 314 g/mol. The normalized spacial score (nSPS) is 33.6. The maximum Gasteiger partial charge on any atom is 0.151 e. The van der Waals surface area contributed by atoms with Gasteiger partial charge in [0.05, 0.1) is 19.3 Å². The Morgan fingerprint density at radius 3 is 2.41 bits per heavy atom. The van der Waals surface area contributed by atoms with E-state index in [1.165, 1.54) is 11.8 Å². The van der Waals surface area contributed by atoms with Gasteiger partial charge in [0.2, 0.25) is 0 Å². The van der Waals surface area contributed by atoms with Crippen molar-refractivity contribution in [3.63, 3.8) is 0 Å². The van der Waals surface area contributed by atoms with Gasteiger partial charge in [-0.3, -0.25) is 4.79 Å². The van der Waals surface area contributed by atoms with Crippen molar-refractivity contribution < 1.29 is 35.1 Å². The summed E-state index contributed by atoms with van der Waals surface area (Å²) in [7, 11) is 0. The number of aliphatic hydroxyl groups excluding tert-OH is 5. The summed E-state index contributed by atoms with van der Waals surface area (Å²) < 4.78 is 5.35. The number of aliphatic hydroxyl groups is 5. The number of unbranched alkanes of at least 4 members (excludes halogenated alkanes) is 1. The van der Waals surface area contributed by atoms with E-state index in [1.54, 1.807) is 0 Å². The van der Waals surface area contributed by atoms with E-state index in [1.807, 2.05) is 0 Å². The highest BCUT2D eigenvalue weighted by Gasteiger charge is 2.43. The molecule has 7 N–H and O–H groups in total. The van der Waals surface area contributed by atoms with E-state index in [2.05, 4.69) is 0 Å². The Morgan fingerprint density at radius 2 is 1.82 bits per heavy atom. The van der Waals surface area contributed by atoms with Gasteiger partial charge in [-0.2, -0.15) is 0 Å². The fraction of sp³-hybridized carbons (Fsp3) is 0.923. The van der Waals surface area contributed by atoms with E-state index in [0.717, 1.165) is 0 Å². The van der Waals surface area contributed by atoms with Gasteiger partial charge in [-0.15, -0.1) is 11.8 Å². The molecule has 8 nitrogen and oxygen atoms in total. The number of carbonyl (C=O) groups is 1. The highest BCUT2D eigenvalue weighted by molar-refractivity contribution is 7.99. The van der Waals surface area contributed by atoms with E-state index in [-0.39, 0.29) is 18.8 Å². The van der Waals surface area contributed by atoms with E-state index >= 15 is 0 Å². The topological polar surface area (TPSA) is 153 Å². The monoisotopic (exact) mass is 339 g/mol. The molecule has 0 saturated carbocycles. The zero-order valence-corrected chi connectivity index (χ0v) is 13.1. The lowest BCUT2D eigenvalue weighted by Crippen LogP contribution is -2.57. The van der Waals surface area contributed by atoms with Crippen LogP contribution in [0.5, 0.6) is 0 Å². The number of rotatable bonds is 9. The van der Waals surface area contributed by atoms with Crippen LogP contribution in [-0.4, -0.2) is 86.2 Å². The molecule has 1 aliphatic heterocycles. The van der Waals surface area contributed by atoms with Crippen LogP contribution in [0.25, 0.3) is 0 Å². The molecule has 0 amide bonds. The first-order valence-corrected chi connectivity index (χ1v) is 8.28. The molecule has 0 aliphatic carbocycles. The number of thioether (sulfide) groups is 1. The molecule has 22 heavy (non-hydrogen) atoms. The third kappa shape index (κ3) is 5.43. The Morgan fingerprint density at radius 1 is 1.14 bits per heavy atom. The van der Waals surface area contributed by atoms with Crippen LogP contribution in [0, 0.1) is 0 Å². The van der Waals surface area contributed by atoms with Gasteiger partial charge < -0.3 is 36.0 Å². The Balaban J connectivity index is 2.28. The average Bonchev–Trinajstić information content (AvgIpc) is 2.53. The van der Waals surface area contributed by atoms with Crippen molar-refractivity contribution in [1.29, 1.82) is 0 Å². The van der Waals surface area contributed by atoms with Gasteiger partial charge in [0, 0.05) is 6.42 Å².